The Bertz CT molecular complexity index is 653. The average molecular weight is 288 g/mol. The highest BCUT2D eigenvalue weighted by molar-refractivity contribution is 6.05. The van der Waals surface area contributed by atoms with Crippen molar-refractivity contribution in [3.05, 3.63) is 35.5 Å². The van der Waals surface area contributed by atoms with E-state index in [4.69, 9.17) is 4.74 Å². The molecule has 0 bridgehead atoms. The molecule has 0 radical (unpaired) electrons. The van der Waals surface area contributed by atoms with Gasteiger partial charge in [0, 0.05) is 18.1 Å². The molecule has 1 unspecified atom stereocenters. The molecular formula is C16H20N2O3. The van der Waals surface area contributed by atoms with Crippen molar-refractivity contribution < 1.29 is 14.6 Å². The minimum Gasteiger partial charge on any atom is -0.462 e. The predicted molar refractivity (Wildman–Crippen MR) is 82.6 cm³/mol. The Morgan fingerprint density at radius 1 is 1.48 bits per heavy atom. The van der Waals surface area contributed by atoms with Crippen molar-refractivity contribution in [2.24, 2.45) is 0 Å². The molecule has 0 saturated carbocycles. The summed E-state index contributed by atoms with van der Waals surface area (Å²) in [5.74, 6) is -0.415. The Morgan fingerprint density at radius 3 is 2.90 bits per heavy atom. The van der Waals surface area contributed by atoms with Crippen LogP contribution in [0.5, 0.6) is 0 Å². The summed E-state index contributed by atoms with van der Waals surface area (Å²) in [4.78, 5) is 16.4. The number of pyridine rings is 1. The molecule has 2 aromatic rings. The van der Waals surface area contributed by atoms with Gasteiger partial charge < -0.3 is 15.2 Å². The number of nitrogens with zero attached hydrogens (tertiary/aromatic N) is 1. The Labute approximate surface area is 124 Å². The number of aliphatic hydroxyl groups is 1. The van der Waals surface area contributed by atoms with Crippen molar-refractivity contribution in [1.29, 1.82) is 0 Å². The van der Waals surface area contributed by atoms with Crippen LogP contribution in [-0.4, -0.2) is 35.3 Å². The molecule has 21 heavy (non-hydrogen) atoms. The van der Waals surface area contributed by atoms with E-state index >= 15 is 0 Å². The number of carbonyl (C=O) groups is 1. The van der Waals surface area contributed by atoms with Gasteiger partial charge in [-0.2, -0.15) is 0 Å². The van der Waals surface area contributed by atoms with E-state index in [0.717, 1.165) is 16.5 Å². The summed E-state index contributed by atoms with van der Waals surface area (Å²) in [6.45, 7) is 6.08. The number of fused-ring (bicyclic) bond motifs is 1. The summed E-state index contributed by atoms with van der Waals surface area (Å²) in [6.07, 6.45) is 0.994. The zero-order chi connectivity index (χ0) is 15.4. The van der Waals surface area contributed by atoms with Gasteiger partial charge in [-0.05, 0) is 32.9 Å². The molecule has 1 atom stereocenters. The van der Waals surface area contributed by atoms with Crippen LogP contribution in [0.1, 0.15) is 29.8 Å². The van der Waals surface area contributed by atoms with Gasteiger partial charge in [0.25, 0.3) is 0 Å². The number of aromatic nitrogens is 1. The van der Waals surface area contributed by atoms with Crippen LogP contribution in [0.3, 0.4) is 0 Å². The molecule has 1 heterocycles. The molecule has 0 aliphatic carbocycles. The summed E-state index contributed by atoms with van der Waals surface area (Å²) >= 11 is 0. The van der Waals surface area contributed by atoms with Gasteiger partial charge in [-0.1, -0.05) is 11.6 Å². The van der Waals surface area contributed by atoms with E-state index in [1.54, 1.807) is 13.8 Å². The molecule has 1 aromatic heterocycles. The third-order valence-electron chi connectivity index (χ3n) is 3.09. The van der Waals surface area contributed by atoms with Crippen LogP contribution in [0.25, 0.3) is 10.9 Å². The number of esters is 1. The number of carbonyl (C=O) groups excluding carboxylic acids is 1. The van der Waals surface area contributed by atoms with Gasteiger partial charge >= 0.3 is 5.97 Å². The van der Waals surface area contributed by atoms with Crippen LogP contribution in [0.2, 0.25) is 0 Å². The van der Waals surface area contributed by atoms with Crippen molar-refractivity contribution in [2.45, 2.75) is 26.9 Å². The third-order valence-corrected chi connectivity index (χ3v) is 3.09. The summed E-state index contributed by atoms with van der Waals surface area (Å²) in [5, 5.41) is 13.5. The first-order chi connectivity index (χ1) is 10.0. The molecule has 0 aliphatic rings. The van der Waals surface area contributed by atoms with E-state index in [1.807, 2.05) is 25.1 Å². The van der Waals surface area contributed by atoms with E-state index in [0.29, 0.717) is 24.4 Å². The molecule has 0 aliphatic heterocycles. The lowest BCUT2D eigenvalue weighted by atomic mass is 10.1. The number of hydrogen-bond donors (Lipinski definition) is 2. The number of rotatable bonds is 5. The number of hydrogen-bond acceptors (Lipinski definition) is 5. The average Bonchev–Trinajstić information content (AvgIpc) is 2.44. The first kappa shape index (κ1) is 15.3. The highest BCUT2D eigenvalue weighted by atomic mass is 16.5. The Kier molecular flexibility index (Phi) is 4.75. The van der Waals surface area contributed by atoms with Crippen LogP contribution in [0.15, 0.2) is 24.4 Å². The third kappa shape index (κ3) is 3.49. The van der Waals surface area contributed by atoms with Crippen molar-refractivity contribution in [2.75, 3.05) is 18.5 Å². The van der Waals surface area contributed by atoms with Crippen molar-refractivity contribution in [1.82, 2.24) is 4.98 Å². The monoisotopic (exact) mass is 288 g/mol. The van der Waals surface area contributed by atoms with E-state index in [9.17, 15) is 9.90 Å². The van der Waals surface area contributed by atoms with Gasteiger partial charge in [-0.3, -0.25) is 4.98 Å². The minimum absolute atomic E-state index is 0.306. The largest absolute Gasteiger partial charge is 0.462 e. The van der Waals surface area contributed by atoms with Gasteiger partial charge in [0.2, 0.25) is 0 Å². The van der Waals surface area contributed by atoms with Crippen molar-refractivity contribution in [3.8, 4) is 0 Å². The normalized spacial score (nSPS) is 12.2. The number of aryl methyl sites for hydroxylation is 1. The molecule has 2 N–H and O–H groups in total. The lowest BCUT2D eigenvalue weighted by Crippen LogP contribution is -2.18. The minimum atomic E-state index is -0.520. The fourth-order valence-electron chi connectivity index (χ4n) is 2.11. The summed E-state index contributed by atoms with van der Waals surface area (Å²) in [6, 6.07) is 5.85. The topological polar surface area (TPSA) is 71.5 Å². The molecule has 0 amide bonds. The van der Waals surface area contributed by atoms with Gasteiger partial charge in [-0.25, -0.2) is 4.79 Å². The van der Waals surface area contributed by atoms with Crippen LogP contribution >= 0.6 is 0 Å². The molecule has 0 saturated heterocycles. The SMILES string of the molecule is CCOC(=O)c1cnc2ccc(C)cc2c1NCC(C)O. The molecule has 112 valence electrons. The summed E-state index contributed by atoms with van der Waals surface area (Å²) in [7, 11) is 0. The van der Waals surface area contributed by atoms with Crippen LogP contribution in [-0.2, 0) is 4.74 Å². The molecule has 2 rings (SSSR count). The first-order valence-corrected chi connectivity index (χ1v) is 7.01. The Hall–Kier alpha value is -2.14. The second-order valence-electron chi connectivity index (χ2n) is 5.02. The van der Waals surface area contributed by atoms with E-state index < -0.39 is 12.1 Å². The highest BCUT2D eigenvalue weighted by Gasteiger charge is 2.17. The van der Waals surface area contributed by atoms with Gasteiger partial charge in [0.15, 0.2) is 0 Å². The summed E-state index contributed by atoms with van der Waals surface area (Å²) < 4.78 is 5.07. The number of benzene rings is 1. The lowest BCUT2D eigenvalue weighted by molar-refractivity contribution is 0.0527. The predicted octanol–water partition coefficient (Wildman–Crippen LogP) is 2.51. The smallest absolute Gasteiger partial charge is 0.341 e. The fraction of sp³-hybridized carbons (Fsp3) is 0.375. The molecule has 5 heteroatoms. The van der Waals surface area contributed by atoms with E-state index in [2.05, 4.69) is 10.3 Å². The molecule has 1 aromatic carbocycles. The second-order valence-corrected chi connectivity index (χ2v) is 5.02. The zero-order valence-corrected chi connectivity index (χ0v) is 12.5. The number of nitrogens with one attached hydrogen (secondary N) is 1. The van der Waals surface area contributed by atoms with Gasteiger partial charge in [0.05, 0.1) is 23.9 Å². The molecule has 0 spiro atoms. The lowest BCUT2D eigenvalue weighted by Gasteiger charge is -2.15. The first-order valence-electron chi connectivity index (χ1n) is 7.01. The number of anilines is 1. The van der Waals surface area contributed by atoms with Crippen LogP contribution < -0.4 is 5.32 Å². The van der Waals surface area contributed by atoms with Crippen molar-refractivity contribution in [3.63, 3.8) is 0 Å². The Balaban J connectivity index is 2.55. The maximum Gasteiger partial charge on any atom is 0.341 e. The van der Waals surface area contributed by atoms with Crippen LogP contribution in [0.4, 0.5) is 5.69 Å². The Morgan fingerprint density at radius 2 is 2.24 bits per heavy atom. The van der Waals surface area contributed by atoms with Crippen molar-refractivity contribution >= 4 is 22.6 Å². The standard InChI is InChI=1S/C16H20N2O3/c1-4-21-16(20)13-9-17-14-6-5-10(2)7-12(14)15(13)18-8-11(3)19/h5-7,9,11,19H,4,8H2,1-3H3,(H,17,18). The molecule has 0 fully saturated rings. The van der Waals surface area contributed by atoms with Gasteiger partial charge in [0.1, 0.15) is 5.56 Å². The summed E-state index contributed by atoms with van der Waals surface area (Å²) in [5.41, 5.74) is 2.91. The maximum absolute atomic E-state index is 12.1. The highest BCUT2D eigenvalue weighted by Crippen LogP contribution is 2.27. The molecule has 5 nitrogen and oxygen atoms in total. The molecular weight excluding hydrogens is 268 g/mol. The van der Waals surface area contributed by atoms with E-state index in [1.165, 1.54) is 6.20 Å². The number of aliphatic hydroxyl groups excluding tert-OH is 1. The maximum atomic E-state index is 12.1. The van der Waals surface area contributed by atoms with Crippen LogP contribution in [0, 0.1) is 6.92 Å². The second kappa shape index (κ2) is 6.54. The van der Waals surface area contributed by atoms with Gasteiger partial charge in [-0.15, -0.1) is 0 Å². The zero-order valence-electron chi connectivity index (χ0n) is 12.5. The fourth-order valence-corrected chi connectivity index (χ4v) is 2.11. The van der Waals surface area contributed by atoms with E-state index in [-0.39, 0.29) is 0 Å². The quantitative estimate of drug-likeness (QED) is 0.827. The number of ether oxygens (including phenoxy) is 1.